The molecule has 2 fully saturated rings. The van der Waals surface area contributed by atoms with E-state index in [1.54, 1.807) is 18.0 Å². The number of aromatic nitrogens is 1. The van der Waals surface area contributed by atoms with Crippen LogP contribution in [0.25, 0.3) is 0 Å². The molecule has 0 atom stereocenters. The fourth-order valence-corrected chi connectivity index (χ4v) is 5.90. The van der Waals surface area contributed by atoms with Crippen LogP contribution in [-0.2, 0) is 4.79 Å². The van der Waals surface area contributed by atoms with Gasteiger partial charge in [-0.3, -0.25) is 5.32 Å². The maximum absolute atomic E-state index is 13.1. The zero-order valence-corrected chi connectivity index (χ0v) is 17.0. The summed E-state index contributed by atoms with van der Waals surface area (Å²) in [5.74, 6) is 0.759. The summed E-state index contributed by atoms with van der Waals surface area (Å²) in [5, 5.41) is 3.73. The van der Waals surface area contributed by atoms with Crippen molar-refractivity contribution in [3.05, 3.63) is 6.20 Å². The van der Waals surface area contributed by atoms with Crippen molar-refractivity contribution in [2.75, 3.05) is 11.1 Å². The van der Waals surface area contributed by atoms with E-state index in [1.165, 1.54) is 49.9 Å². The number of carbonyl (C=O) groups is 2. The van der Waals surface area contributed by atoms with Crippen molar-refractivity contribution in [1.29, 1.82) is 0 Å². The third-order valence-corrected chi connectivity index (χ3v) is 7.49. The lowest BCUT2D eigenvalue weighted by Crippen LogP contribution is -2.50. The number of thiazole rings is 1. The Kier molecular flexibility index (Phi) is 7.80. The Labute approximate surface area is 164 Å². The van der Waals surface area contributed by atoms with Crippen LogP contribution in [0.2, 0.25) is 0 Å². The number of hydrogen-bond donors (Lipinski definition) is 1. The van der Waals surface area contributed by atoms with Crippen LogP contribution < -0.4 is 5.32 Å². The minimum Gasteiger partial charge on any atom is -0.319 e. The molecular weight excluding hydrogens is 366 g/mol. The molecule has 2 aliphatic rings. The molecule has 0 aliphatic heterocycles. The molecule has 0 saturated heterocycles. The first-order valence-corrected chi connectivity index (χ1v) is 11.7. The summed E-state index contributed by atoms with van der Waals surface area (Å²) in [6.07, 6.45) is 15.3. The molecule has 5 nitrogen and oxygen atoms in total. The average Bonchev–Trinajstić information content (AvgIpc) is 3.11. The first-order chi connectivity index (χ1) is 12.8. The van der Waals surface area contributed by atoms with Crippen molar-refractivity contribution in [3.63, 3.8) is 0 Å². The molecule has 1 aromatic heterocycles. The van der Waals surface area contributed by atoms with E-state index in [0.717, 1.165) is 41.9 Å². The number of nitrogens with zero attached hydrogens (tertiary/aromatic N) is 2. The van der Waals surface area contributed by atoms with E-state index in [0.29, 0.717) is 23.6 Å². The highest BCUT2D eigenvalue weighted by atomic mass is 32.2. The van der Waals surface area contributed by atoms with Crippen LogP contribution in [0.4, 0.5) is 9.93 Å². The number of aldehydes is 1. The standard InChI is InChI=1S/C19H29N3O2S2/c23-12-7-13-25-17-14-20-18(26-17)21-19(24)22(15-8-3-1-4-9-15)16-10-5-2-6-11-16/h12,14-16H,1-11,13H2,(H,20,21,24). The van der Waals surface area contributed by atoms with Gasteiger partial charge in [0.25, 0.3) is 0 Å². The highest BCUT2D eigenvalue weighted by molar-refractivity contribution is 8.01. The lowest BCUT2D eigenvalue weighted by molar-refractivity contribution is -0.107. The van der Waals surface area contributed by atoms with Crippen molar-refractivity contribution in [2.24, 2.45) is 0 Å². The quantitative estimate of drug-likeness (QED) is 0.385. The molecule has 2 saturated carbocycles. The number of amides is 2. The monoisotopic (exact) mass is 395 g/mol. The molecule has 0 radical (unpaired) electrons. The Morgan fingerprint density at radius 2 is 1.77 bits per heavy atom. The number of anilines is 1. The van der Waals surface area contributed by atoms with Crippen LogP contribution in [-0.4, -0.2) is 40.0 Å². The van der Waals surface area contributed by atoms with Gasteiger partial charge in [0.15, 0.2) is 5.13 Å². The van der Waals surface area contributed by atoms with Crippen molar-refractivity contribution in [1.82, 2.24) is 9.88 Å². The summed E-state index contributed by atoms with van der Waals surface area (Å²) >= 11 is 3.12. The van der Waals surface area contributed by atoms with Gasteiger partial charge in [0.05, 0.1) is 10.4 Å². The van der Waals surface area contributed by atoms with E-state index in [1.807, 2.05) is 0 Å². The van der Waals surface area contributed by atoms with E-state index in [-0.39, 0.29) is 6.03 Å². The average molecular weight is 396 g/mol. The number of nitrogens with one attached hydrogen (secondary N) is 1. The molecule has 1 N–H and O–H groups in total. The first-order valence-electron chi connectivity index (χ1n) is 9.89. The van der Waals surface area contributed by atoms with Gasteiger partial charge in [-0.1, -0.05) is 49.9 Å². The zero-order chi connectivity index (χ0) is 18.2. The molecule has 1 aromatic rings. The van der Waals surface area contributed by atoms with Gasteiger partial charge in [-0.05, 0) is 25.7 Å². The van der Waals surface area contributed by atoms with Gasteiger partial charge >= 0.3 is 6.03 Å². The van der Waals surface area contributed by atoms with E-state index < -0.39 is 0 Å². The van der Waals surface area contributed by atoms with Crippen LogP contribution >= 0.6 is 23.1 Å². The summed E-state index contributed by atoms with van der Waals surface area (Å²) < 4.78 is 1.05. The second-order valence-corrected chi connectivity index (χ2v) is 9.64. The second kappa shape index (κ2) is 10.3. The maximum Gasteiger partial charge on any atom is 0.324 e. The van der Waals surface area contributed by atoms with E-state index in [9.17, 15) is 9.59 Å². The Morgan fingerprint density at radius 1 is 1.15 bits per heavy atom. The number of carbonyl (C=O) groups excluding carboxylic acids is 2. The van der Waals surface area contributed by atoms with Crippen molar-refractivity contribution >= 4 is 40.5 Å². The third-order valence-electron chi connectivity index (χ3n) is 5.35. The Balaban J connectivity index is 1.63. The molecule has 7 heteroatoms. The van der Waals surface area contributed by atoms with Crippen LogP contribution in [0.1, 0.15) is 70.6 Å². The van der Waals surface area contributed by atoms with Crippen molar-refractivity contribution < 1.29 is 9.59 Å². The third kappa shape index (κ3) is 5.46. The highest BCUT2D eigenvalue weighted by Crippen LogP contribution is 2.32. The van der Waals surface area contributed by atoms with Gasteiger partial charge in [-0.15, -0.1) is 11.8 Å². The Hall–Kier alpha value is -1.08. The maximum atomic E-state index is 13.1. The molecule has 0 bridgehead atoms. The molecule has 0 unspecified atom stereocenters. The molecule has 2 amide bonds. The zero-order valence-electron chi connectivity index (χ0n) is 15.3. The van der Waals surface area contributed by atoms with E-state index >= 15 is 0 Å². The predicted octanol–water partition coefficient (Wildman–Crippen LogP) is 5.32. The van der Waals surface area contributed by atoms with Crippen LogP contribution in [0.15, 0.2) is 10.4 Å². The van der Waals surface area contributed by atoms with E-state index in [4.69, 9.17) is 0 Å². The molecule has 0 spiro atoms. The second-order valence-electron chi connectivity index (χ2n) is 7.21. The number of rotatable bonds is 7. The van der Waals surface area contributed by atoms with Gasteiger partial charge < -0.3 is 9.69 Å². The smallest absolute Gasteiger partial charge is 0.319 e. The number of hydrogen-bond acceptors (Lipinski definition) is 5. The predicted molar refractivity (Wildman–Crippen MR) is 108 cm³/mol. The largest absolute Gasteiger partial charge is 0.324 e. The summed E-state index contributed by atoms with van der Waals surface area (Å²) in [5.41, 5.74) is 0. The molecule has 26 heavy (non-hydrogen) atoms. The summed E-state index contributed by atoms with van der Waals surface area (Å²) in [6.45, 7) is 0. The molecular formula is C19H29N3O2S2. The molecule has 0 aromatic carbocycles. The Morgan fingerprint density at radius 3 is 2.35 bits per heavy atom. The SMILES string of the molecule is O=CCCSc1cnc(NC(=O)N(C2CCCCC2)C2CCCCC2)s1. The number of thioether (sulfide) groups is 1. The molecule has 2 aliphatic carbocycles. The summed E-state index contributed by atoms with van der Waals surface area (Å²) in [7, 11) is 0. The van der Waals surface area contributed by atoms with Gasteiger partial charge in [0.1, 0.15) is 6.29 Å². The molecule has 1 heterocycles. The lowest BCUT2D eigenvalue weighted by Gasteiger charge is -2.41. The van der Waals surface area contributed by atoms with Gasteiger partial charge in [-0.2, -0.15) is 0 Å². The highest BCUT2D eigenvalue weighted by Gasteiger charge is 2.32. The van der Waals surface area contributed by atoms with E-state index in [2.05, 4.69) is 15.2 Å². The molecule has 3 rings (SSSR count). The van der Waals surface area contributed by atoms with Gasteiger partial charge in [0.2, 0.25) is 0 Å². The van der Waals surface area contributed by atoms with Crippen molar-refractivity contribution in [3.8, 4) is 0 Å². The summed E-state index contributed by atoms with van der Waals surface area (Å²) in [6, 6.07) is 0.795. The lowest BCUT2D eigenvalue weighted by atomic mass is 9.89. The van der Waals surface area contributed by atoms with Crippen LogP contribution in [0, 0.1) is 0 Å². The first kappa shape index (κ1) is 19.7. The Bertz CT molecular complexity index is 563. The van der Waals surface area contributed by atoms with Crippen molar-refractivity contribution in [2.45, 2.75) is 86.9 Å². The fourth-order valence-electron chi connectivity index (χ4n) is 4.10. The summed E-state index contributed by atoms with van der Waals surface area (Å²) in [4.78, 5) is 30.1. The normalized spacial score (nSPS) is 19.2. The van der Waals surface area contributed by atoms with Gasteiger partial charge in [0, 0.05) is 24.3 Å². The number of urea groups is 1. The van der Waals surface area contributed by atoms with Crippen LogP contribution in [0.5, 0.6) is 0 Å². The fraction of sp³-hybridized carbons (Fsp3) is 0.737. The minimum atomic E-state index is 0.0302. The minimum absolute atomic E-state index is 0.0302. The van der Waals surface area contributed by atoms with Gasteiger partial charge in [-0.25, -0.2) is 9.78 Å². The molecule has 144 valence electrons. The van der Waals surface area contributed by atoms with Crippen LogP contribution in [0.3, 0.4) is 0 Å². The topological polar surface area (TPSA) is 62.3 Å².